The molecule has 0 spiro atoms. The summed E-state index contributed by atoms with van der Waals surface area (Å²) in [5.74, 6) is -1.61. The average Bonchev–Trinajstić information content (AvgIpc) is 3.68. The van der Waals surface area contributed by atoms with Crippen molar-refractivity contribution >= 4 is 46.1 Å². The number of hydrogen-bond donors (Lipinski definition) is 6. The molecule has 1 unspecified atom stereocenters. The van der Waals surface area contributed by atoms with Gasteiger partial charge in [-0.1, -0.05) is 82.6 Å². The number of hydrogen-bond acceptors (Lipinski definition) is 10. The van der Waals surface area contributed by atoms with Gasteiger partial charge in [0.2, 0.25) is 17.7 Å². The van der Waals surface area contributed by atoms with E-state index in [9.17, 15) is 29.4 Å². The van der Waals surface area contributed by atoms with Gasteiger partial charge in [-0.3, -0.25) is 19.4 Å². The van der Waals surface area contributed by atoms with Crippen molar-refractivity contribution in [3.63, 3.8) is 0 Å². The molecule has 4 rings (SSSR count). The van der Waals surface area contributed by atoms with E-state index in [0.29, 0.717) is 12.1 Å². The lowest BCUT2D eigenvalue weighted by molar-refractivity contribution is -0.131. The molecule has 2 aromatic heterocycles. The van der Waals surface area contributed by atoms with Crippen LogP contribution in [0.2, 0.25) is 0 Å². The molecule has 0 aliphatic rings. The van der Waals surface area contributed by atoms with E-state index in [1.165, 1.54) is 11.3 Å². The minimum Gasteiger partial charge on any atom is -0.445 e. The predicted molar refractivity (Wildman–Crippen MR) is 207 cm³/mol. The van der Waals surface area contributed by atoms with E-state index in [1.807, 2.05) is 82.3 Å². The minimum absolute atomic E-state index is 0.00999. The van der Waals surface area contributed by atoms with Crippen LogP contribution in [0.1, 0.15) is 63.8 Å². The van der Waals surface area contributed by atoms with Crippen LogP contribution in [0, 0.1) is 11.8 Å². The van der Waals surface area contributed by atoms with Gasteiger partial charge >= 0.3 is 6.09 Å². The highest BCUT2D eigenvalue weighted by Crippen LogP contribution is 2.19. The molecule has 54 heavy (non-hydrogen) atoms. The number of benzene rings is 2. The minimum atomic E-state index is -1.25. The zero-order valence-corrected chi connectivity index (χ0v) is 32.1. The summed E-state index contributed by atoms with van der Waals surface area (Å²) in [6, 6.07) is 14.7. The lowest BCUT2D eigenvalue weighted by atomic mass is 9.95. The molecular formula is C40H52N6O7S. The Hall–Kier alpha value is -4.92. The van der Waals surface area contributed by atoms with E-state index in [0.717, 1.165) is 28.5 Å². The molecular weight excluding hydrogens is 709 g/mol. The van der Waals surface area contributed by atoms with Crippen molar-refractivity contribution in [1.82, 2.24) is 31.2 Å². The summed E-state index contributed by atoms with van der Waals surface area (Å²) < 4.78 is 5.46. The van der Waals surface area contributed by atoms with E-state index in [2.05, 4.69) is 31.2 Å². The SMILES string of the molecule is CC[C@H](C)[C@@H](CO)NC(=O)C[C@H](O)[C@H](CC(C)C)NC(=O)C(Cc1cscn1)NC(=O)[C@H](Cc1cccc2ncccc12)NC(=O)OCc1ccccc1. The highest BCUT2D eigenvalue weighted by molar-refractivity contribution is 7.07. The fraction of sp³-hybridized carbons (Fsp3) is 0.450. The molecule has 2 aromatic carbocycles. The largest absolute Gasteiger partial charge is 0.445 e. The van der Waals surface area contributed by atoms with Crippen molar-refractivity contribution in [3.05, 3.63) is 94.6 Å². The third-order valence-corrected chi connectivity index (χ3v) is 9.93. The molecule has 0 fully saturated rings. The molecule has 0 aliphatic heterocycles. The Morgan fingerprint density at radius 1 is 0.833 bits per heavy atom. The van der Waals surface area contributed by atoms with Gasteiger partial charge in [-0.25, -0.2) is 9.78 Å². The predicted octanol–water partition coefficient (Wildman–Crippen LogP) is 4.06. The number of aliphatic hydroxyl groups is 2. The van der Waals surface area contributed by atoms with Crippen LogP contribution >= 0.6 is 11.3 Å². The van der Waals surface area contributed by atoms with Crippen LogP contribution in [0.25, 0.3) is 10.9 Å². The number of aliphatic hydroxyl groups excluding tert-OH is 2. The molecule has 6 atom stereocenters. The van der Waals surface area contributed by atoms with Gasteiger partial charge in [0.1, 0.15) is 18.7 Å². The second-order valence-electron chi connectivity index (χ2n) is 14.0. The van der Waals surface area contributed by atoms with Crippen molar-refractivity contribution in [1.29, 1.82) is 0 Å². The molecule has 0 aliphatic carbocycles. The van der Waals surface area contributed by atoms with Crippen LogP contribution in [-0.4, -0.2) is 80.9 Å². The number of rotatable bonds is 20. The highest BCUT2D eigenvalue weighted by atomic mass is 32.1. The van der Waals surface area contributed by atoms with Gasteiger partial charge in [0, 0.05) is 29.8 Å². The van der Waals surface area contributed by atoms with Crippen molar-refractivity contribution in [3.8, 4) is 0 Å². The molecule has 0 bridgehead atoms. The highest BCUT2D eigenvalue weighted by Gasteiger charge is 2.32. The molecule has 6 N–H and O–H groups in total. The van der Waals surface area contributed by atoms with Crippen molar-refractivity contribution in [2.75, 3.05) is 6.61 Å². The summed E-state index contributed by atoms with van der Waals surface area (Å²) >= 11 is 1.34. The third-order valence-electron chi connectivity index (χ3n) is 9.30. The van der Waals surface area contributed by atoms with E-state index < -0.39 is 54.1 Å². The normalized spacial score (nSPS) is 14.6. The third kappa shape index (κ3) is 12.9. The smallest absolute Gasteiger partial charge is 0.408 e. The number of ether oxygens (including phenoxy) is 1. The maximum atomic E-state index is 14.2. The van der Waals surface area contributed by atoms with E-state index in [-0.39, 0.29) is 44.3 Å². The Kier molecular flexibility index (Phi) is 16.3. The molecule has 0 saturated carbocycles. The number of alkyl carbamates (subject to hydrolysis) is 1. The van der Waals surface area contributed by atoms with Crippen LogP contribution in [0.4, 0.5) is 4.79 Å². The van der Waals surface area contributed by atoms with Crippen LogP contribution in [0.15, 0.2) is 77.8 Å². The number of nitrogens with zero attached hydrogens (tertiary/aromatic N) is 2. The number of nitrogens with one attached hydrogen (secondary N) is 4. The number of fused-ring (bicyclic) bond motifs is 1. The van der Waals surface area contributed by atoms with Gasteiger partial charge in [-0.2, -0.15) is 0 Å². The number of carbonyl (C=O) groups is 4. The lowest BCUT2D eigenvalue weighted by Crippen LogP contribution is -2.57. The van der Waals surface area contributed by atoms with Gasteiger partial charge in [0.15, 0.2) is 0 Å². The Balaban J connectivity index is 1.55. The number of aromatic nitrogens is 2. The van der Waals surface area contributed by atoms with Crippen LogP contribution in [-0.2, 0) is 38.6 Å². The van der Waals surface area contributed by atoms with E-state index in [4.69, 9.17) is 4.74 Å². The van der Waals surface area contributed by atoms with Crippen LogP contribution in [0.5, 0.6) is 0 Å². The van der Waals surface area contributed by atoms with Gasteiger partial charge in [0.05, 0.1) is 47.9 Å². The molecule has 14 heteroatoms. The number of carbonyl (C=O) groups excluding carboxylic acids is 4. The quantitative estimate of drug-likeness (QED) is 0.0771. The zero-order valence-electron chi connectivity index (χ0n) is 31.2. The first kappa shape index (κ1) is 41.8. The summed E-state index contributed by atoms with van der Waals surface area (Å²) in [7, 11) is 0. The Morgan fingerprint density at radius 3 is 2.26 bits per heavy atom. The van der Waals surface area contributed by atoms with Gasteiger partial charge in [-0.05, 0) is 41.5 Å². The fourth-order valence-electron chi connectivity index (χ4n) is 6.06. The molecule has 2 heterocycles. The van der Waals surface area contributed by atoms with Gasteiger partial charge in [0.25, 0.3) is 0 Å². The molecule has 0 saturated heterocycles. The number of pyridine rings is 1. The molecule has 13 nitrogen and oxygen atoms in total. The summed E-state index contributed by atoms with van der Waals surface area (Å²) in [5, 5.41) is 34.8. The van der Waals surface area contributed by atoms with Gasteiger partial charge in [-0.15, -0.1) is 11.3 Å². The second kappa shape index (κ2) is 21.1. The van der Waals surface area contributed by atoms with E-state index >= 15 is 0 Å². The first-order valence-electron chi connectivity index (χ1n) is 18.3. The molecule has 4 aromatic rings. The second-order valence-corrected chi connectivity index (χ2v) is 14.7. The molecule has 290 valence electrons. The van der Waals surface area contributed by atoms with Crippen molar-refractivity contribution in [2.24, 2.45) is 11.8 Å². The maximum absolute atomic E-state index is 14.2. The standard InChI is InChI=1S/C40H52N6O7S/c1-5-26(4)35(21-47)43-37(49)20-36(48)32(17-25(2)3)44-39(51)34(19-29-23-54-24-42-29)45-38(50)33(46-40(52)53-22-27-11-7-6-8-12-27)18-28-13-9-15-31-30(28)14-10-16-41-31/h6-16,23-26,32-36,47-48H,5,17-22H2,1-4H3,(H,43,49)(H,44,51)(H,45,50)(H,46,52)/t26-,32-,33-,34?,35+,36-/m0/s1. The maximum Gasteiger partial charge on any atom is 0.408 e. The monoisotopic (exact) mass is 760 g/mol. The summed E-state index contributed by atoms with van der Waals surface area (Å²) in [4.78, 5) is 63.0. The topological polar surface area (TPSA) is 192 Å². The van der Waals surface area contributed by atoms with Crippen molar-refractivity contribution < 1.29 is 34.1 Å². The van der Waals surface area contributed by atoms with Crippen LogP contribution < -0.4 is 21.3 Å². The average molecular weight is 761 g/mol. The fourth-order valence-corrected chi connectivity index (χ4v) is 6.64. The Labute approximate surface area is 320 Å². The Bertz CT molecular complexity index is 1790. The Morgan fingerprint density at radius 2 is 1.57 bits per heavy atom. The first-order valence-corrected chi connectivity index (χ1v) is 19.3. The summed E-state index contributed by atoms with van der Waals surface area (Å²) in [5.41, 5.74) is 4.42. The zero-order chi connectivity index (χ0) is 39.0. The van der Waals surface area contributed by atoms with Crippen LogP contribution in [0.3, 0.4) is 0 Å². The van der Waals surface area contributed by atoms with E-state index in [1.54, 1.807) is 23.2 Å². The lowest BCUT2D eigenvalue weighted by Gasteiger charge is -2.29. The molecule has 0 radical (unpaired) electrons. The summed E-state index contributed by atoms with van der Waals surface area (Å²) in [6.07, 6.45) is 0.495. The van der Waals surface area contributed by atoms with Crippen molar-refractivity contribution in [2.45, 2.75) is 96.7 Å². The van der Waals surface area contributed by atoms with Gasteiger partial charge < -0.3 is 36.2 Å². The number of thiazole rings is 1. The summed E-state index contributed by atoms with van der Waals surface area (Å²) in [6.45, 7) is 7.49. The molecule has 4 amide bonds. The number of amides is 4. The first-order chi connectivity index (χ1) is 26.0.